The summed E-state index contributed by atoms with van der Waals surface area (Å²) in [6.45, 7) is 3.11. The highest BCUT2D eigenvalue weighted by Crippen LogP contribution is 2.46. The van der Waals surface area contributed by atoms with E-state index >= 15 is 0 Å². The Morgan fingerprint density at radius 2 is 1.64 bits per heavy atom. The molecule has 2 amide bonds. The minimum absolute atomic E-state index is 0.0564. The summed E-state index contributed by atoms with van der Waals surface area (Å²) in [4.78, 5) is 36.4. The van der Waals surface area contributed by atoms with Crippen molar-refractivity contribution in [1.29, 1.82) is 0 Å². The summed E-state index contributed by atoms with van der Waals surface area (Å²) in [7, 11) is 0. The lowest BCUT2D eigenvalue weighted by atomic mass is 9.93. The van der Waals surface area contributed by atoms with Gasteiger partial charge in [0, 0.05) is 42.8 Å². The average Bonchev–Trinajstić information content (AvgIpc) is 3.46. The van der Waals surface area contributed by atoms with Gasteiger partial charge in [-0.05, 0) is 60.5 Å². The standard InChI is InChI=1S/C33H34Cl2F3N5O4/c1-2-47-27-19-23(33(36,37)38)7-12-26(27)31-40-29(21-3-8-24(34)9-4-21)30(22-5-10-25(35)11-6-22)43(31)32(46)42-16-14-41(15-17-42)28(20-45)39-13-18-44/h3-12,19-20,28-30,39,44H,2,13-18H2,1H3. The molecule has 14 heteroatoms. The highest BCUT2D eigenvalue weighted by Gasteiger charge is 2.45. The summed E-state index contributed by atoms with van der Waals surface area (Å²) in [5, 5.41) is 13.1. The van der Waals surface area contributed by atoms with Crippen LogP contribution in [0.2, 0.25) is 10.0 Å². The SMILES string of the molecule is CCOc1cc(C(F)(F)F)ccc1C1=NC(c2ccc(Cl)cc2)C(c2ccc(Cl)cc2)N1C(=O)N1CCN(C(C=O)NCCO)CC1. The summed E-state index contributed by atoms with van der Waals surface area (Å²) >= 11 is 12.4. The molecule has 0 spiro atoms. The number of benzene rings is 3. The number of amides is 2. The van der Waals surface area contributed by atoms with E-state index in [0.717, 1.165) is 24.0 Å². The van der Waals surface area contributed by atoms with Crippen LogP contribution in [0.4, 0.5) is 18.0 Å². The first kappa shape index (κ1) is 34.6. The number of nitrogens with zero attached hydrogens (tertiary/aromatic N) is 4. The number of piperazine rings is 1. The average molecular weight is 693 g/mol. The van der Waals surface area contributed by atoms with Gasteiger partial charge in [0.2, 0.25) is 0 Å². The number of aliphatic imine (C=N–C) groups is 1. The zero-order valence-electron chi connectivity index (χ0n) is 25.5. The number of halogens is 5. The highest BCUT2D eigenvalue weighted by atomic mass is 35.5. The zero-order chi connectivity index (χ0) is 33.7. The van der Waals surface area contributed by atoms with Crippen LogP contribution in [-0.2, 0) is 11.0 Å². The van der Waals surface area contributed by atoms with Crippen molar-refractivity contribution in [3.8, 4) is 5.75 Å². The van der Waals surface area contributed by atoms with Gasteiger partial charge in [-0.1, -0.05) is 47.5 Å². The number of aldehydes is 1. The Labute approximate surface area is 280 Å². The largest absolute Gasteiger partial charge is 0.493 e. The first-order chi connectivity index (χ1) is 22.5. The van der Waals surface area contributed by atoms with E-state index in [1.54, 1.807) is 60.4 Å². The number of alkyl halides is 3. The lowest BCUT2D eigenvalue weighted by Crippen LogP contribution is -2.59. The molecule has 250 valence electrons. The molecule has 2 N–H and O–H groups in total. The molecule has 3 aromatic carbocycles. The van der Waals surface area contributed by atoms with Gasteiger partial charge in [-0.3, -0.25) is 20.1 Å². The second-order valence-electron chi connectivity index (χ2n) is 11.0. The molecule has 0 saturated carbocycles. The first-order valence-corrected chi connectivity index (χ1v) is 15.9. The summed E-state index contributed by atoms with van der Waals surface area (Å²) in [5.41, 5.74) is 0.789. The molecular formula is C33H34Cl2F3N5O4. The van der Waals surface area contributed by atoms with Gasteiger partial charge in [0.25, 0.3) is 0 Å². The van der Waals surface area contributed by atoms with Gasteiger partial charge in [0.15, 0.2) is 6.29 Å². The molecule has 9 nitrogen and oxygen atoms in total. The highest BCUT2D eigenvalue weighted by molar-refractivity contribution is 6.30. The molecule has 2 aliphatic rings. The minimum atomic E-state index is -4.61. The van der Waals surface area contributed by atoms with Gasteiger partial charge >= 0.3 is 12.2 Å². The van der Waals surface area contributed by atoms with E-state index in [4.69, 9.17) is 32.9 Å². The monoisotopic (exact) mass is 691 g/mol. The molecule has 0 bridgehead atoms. The van der Waals surface area contributed by atoms with Crippen LogP contribution in [0.25, 0.3) is 0 Å². The number of hydrogen-bond acceptors (Lipinski definition) is 7. The second kappa shape index (κ2) is 15.0. The van der Waals surface area contributed by atoms with Crippen LogP contribution in [0, 0.1) is 0 Å². The fourth-order valence-corrected chi connectivity index (χ4v) is 6.08. The summed E-state index contributed by atoms with van der Waals surface area (Å²) in [6.07, 6.45) is -4.48. The molecule has 3 aromatic rings. The maximum absolute atomic E-state index is 14.6. The van der Waals surface area contributed by atoms with E-state index in [9.17, 15) is 27.9 Å². The van der Waals surface area contributed by atoms with Crippen molar-refractivity contribution in [3.63, 3.8) is 0 Å². The van der Waals surface area contributed by atoms with Crippen molar-refractivity contribution < 1.29 is 32.6 Å². The van der Waals surface area contributed by atoms with Crippen LogP contribution in [0.1, 0.15) is 41.3 Å². The number of rotatable bonds is 10. The molecule has 0 aromatic heterocycles. The molecule has 0 radical (unpaired) electrons. The third-order valence-corrected chi connectivity index (χ3v) is 8.62. The number of hydrogen-bond donors (Lipinski definition) is 2. The smallest absolute Gasteiger partial charge is 0.416 e. The second-order valence-corrected chi connectivity index (χ2v) is 11.9. The van der Waals surface area contributed by atoms with Gasteiger partial charge < -0.3 is 19.5 Å². The molecule has 47 heavy (non-hydrogen) atoms. The van der Waals surface area contributed by atoms with Gasteiger partial charge in [-0.25, -0.2) is 4.79 Å². The van der Waals surface area contributed by atoms with Gasteiger partial charge in [0.05, 0.1) is 30.4 Å². The van der Waals surface area contributed by atoms with E-state index in [-0.39, 0.29) is 50.0 Å². The van der Waals surface area contributed by atoms with E-state index < -0.39 is 36.0 Å². The van der Waals surface area contributed by atoms with Crippen molar-refractivity contribution in [2.45, 2.75) is 31.3 Å². The quantitative estimate of drug-likeness (QED) is 0.261. The molecular weight excluding hydrogens is 658 g/mol. The van der Waals surface area contributed by atoms with Crippen LogP contribution in [0.15, 0.2) is 71.7 Å². The third kappa shape index (κ3) is 7.73. The first-order valence-electron chi connectivity index (χ1n) is 15.1. The number of nitrogens with one attached hydrogen (secondary N) is 1. The number of carbonyl (C=O) groups is 2. The maximum atomic E-state index is 14.6. The Kier molecular flexibility index (Phi) is 11.1. The van der Waals surface area contributed by atoms with Gasteiger partial charge in [0.1, 0.15) is 23.8 Å². The van der Waals surface area contributed by atoms with Crippen LogP contribution in [0.3, 0.4) is 0 Å². The van der Waals surface area contributed by atoms with Crippen molar-refractivity contribution in [2.75, 3.05) is 45.9 Å². The molecule has 2 heterocycles. The van der Waals surface area contributed by atoms with Crippen LogP contribution < -0.4 is 10.1 Å². The molecule has 1 saturated heterocycles. The molecule has 1 fully saturated rings. The molecule has 3 atom stereocenters. The summed E-state index contributed by atoms with van der Waals surface area (Å²) in [6, 6.07) is 15.4. The van der Waals surface area contributed by atoms with E-state index in [2.05, 4.69) is 5.32 Å². The number of aliphatic hydroxyl groups is 1. The minimum Gasteiger partial charge on any atom is -0.493 e. The number of ether oxygens (including phenoxy) is 1. The van der Waals surface area contributed by atoms with E-state index in [1.165, 1.54) is 11.0 Å². The fourth-order valence-electron chi connectivity index (χ4n) is 5.83. The number of urea groups is 1. The summed E-state index contributed by atoms with van der Waals surface area (Å²) in [5.74, 6) is 0.101. The molecule has 2 aliphatic heterocycles. The Hall–Kier alpha value is -3.68. The zero-order valence-corrected chi connectivity index (χ0v) is 27.0. The molecule has 5 rings (SSSR count). The Balaban J connectivity index is 1.60. The lowest BCUT2D eigenvalue weighted by Gasteiger charge is -2.40. The van der Waals surface area contributed by atoms with Crippen LogP contribution in [0.5, 0.6) is 5.75 Å². The molecule has 0 aliphatic carbocycles. The van der Waals surface area contributed by atoms with Crippen molar-refractivity contribution in [2.24, 2.45) is 4.99 Å². The van der Waals surface area contributed by atoms with Crippen molar-refractivity contribution in [3.05, 3.63) is 99.0 Å². The Morgan fingerprint density at radius 1 is 1.02 bits per heavy atom. The van der Waals surface area contributed by atoms with Crippen LogP contribution >= 0.6 is 23.2 Å². The number of amidine groups is 1. The Morgan fingerprint density at radius 3 is 2.19 bits per heavy atom. The third-order valence-electron chi connectivity index (χ3n) is 8.12. The number of carbonyl (C=O) groups excluding carboxylic acids is 2. The van der Waals surface area contributed by atoms with Gasteiger partial charge in [-0.2, -0.15) is 13.2 Å². The summed E-state index contributed by atoms with van der Waals surface area (Å²) < 4.78 is 47.0. The van der Waals surface area contributed by atoms with Crippen molar-refractivity contribution in [1.82, 2.24) is 20.0 Å². The Bertz CT molecular complexity index is 1580. The lowest BCUT2D eigenvalue weighted by molar-refractivity contribution is -0.137. The predicted octanol–water partition coefficient (Wildman–Crippen LogP) is 5.80. The maximum Gasteiger partial charge on any atom is 0.416 e. The molecule has 3 unspecified atom stereocenters. The van der Waals surface area contributed by atoms with E-state index in [0.29, 0.717) is 28.7 Å². The van der Waals surface area contributed by atoms with Crippen molar-refractivity contribution >= 4 is 41.4 Å². The topological polar surface area (TPSA) is 97.7 Å². The van der Waals surface area contributed by atoms with Crippen LogP contribution in [-0.4, -0.2) is 90.1 Å². The fraction of sp³-hybridized carbons (Fsp3) is 0.364. The predicted molar refractivity (Wildman–Crippen MR) is 173 cm³/mol. The normalized spacial score (nSPS) is 19.4. The van der Waals surface area contributed by atoms with Gasteiger partial charge in [-0.15, -0.1) is 0 Å². The number of aliphatic hydroxyl groups excluding tert-OH is 1. The van der Waals surface area contributed by atoms with E-state index in [1.807, 2.05) is 4.90 Å².